The molecule has 0 radical (unpaired) electrons. The molecule has 0 bridgehead atoms. The zero-order chi connectivity index (χ0) is 48.6. The second kappa shape index (κ2) is 21.8. The maximum atomic E-state index is 14.1. The zero-order valence-electron chi connectivity index (χ0n) is 39.7. The van der Waals surface area contributed by atoms with Crippen LogP contribution in [0.15, 0.2) is 107 Å². The number of anilines is 1. The van der Waals surface area contributed by atoms with E-state index in [9.17, 15) is 19.2 Å². The van der Waals surface area contributed by atoms with E-state index in [1.807, 2.05) is 97.2 Å². The lowest BCUT2D eigenvalue weighted by molar-refractivity contribution is -0.122. The van der Waals surface area contributed by atoms with Crippen LogP contribution in [0, 0.1) is 6.92 Å². The van der Waals surface area contributed by atoms with Crippen LogP contribution in [0.2, 0.25) is 0 Å². The fourth-order valence-corrected chi connectivity index (χ4v) is 9.02. The average molecular weight is 944 g/mol. The Kier molecular flexibility index (Phi) is 14.7. The van der Waals surface area contributed by atoms with Crippen LogP contribution in [0.1, 0.15) is 93.4 Å². The number of pyridine rings is 1. The summed E-state index contributed by atoms with van der Waals surface area (Å²) in [6, 6.07) is 28.7. The highest BCUT2D eigenvalue weighted by molar-refractivity contribution is 6.06. The van der Waals surface area contributed by atoms with Gasteiger partial charge in [-0.3, -0.25) is 34.1 Å². The van der Waals surface area contributed by atoms with E-state index in [1.54, 1.807) is 24.0 Å². The standard InChI is InChI=1S/C55H57N7O8/c1-4-53(64)57-20-22-68-21-18-45(63)13-8-19-56-40-16-14-36(15-17-40)39-25-44-30-59-49-28-52(51(67-3)26-47(49)55(66)62(44)32-39)70-34-42-12-7-11-41(60-42)33-69-50-27-48-46(23-35(50)2)54(65)61-31-38-10-6-5-9-37(38)24-43(61)29-58-48/h5-7,9-12,14-17,23,26-30,32,43-44,56H,4,8,13,18-22,24-25,31,33-34H2,1-3H3,(H,57,64)/t43-,44-/m0/s1. The number of carbonyl (C=O) groups excluding carboxylic acids is 4. The van der Waals surface area contributed by atoms with E-state index in [0.29, 0.717) is 116 Å². The first-order chi connectivity index (χ1) is 34.1. The largest absolute Gasteiger partial charge is 0.493 e. The predicted octanol–water partition coefficient (Wildman–Crippen LogP) is 8.51. The van der Waals surface area contributed by atoms with E-state index < -0.39 is 0 Å². The lowest BCUT2D eigenvalue weighted by atomic mass is 9.94. The Morgan fingerprint density at radius 3 is 2.21 bits per heavy atom. The third-order valence-corrected chi connectivity index (χ3v) is 12.9. The number of aromatic nitrogens is 1. The Bertz CT molecular complexity index is 2880. The van der Waals surface area contributed by atoms with Crippen molar-refractivity contribution in [3.8, 4) is 17.2 Å². The summed E-state index contributed by atoms with van der Waals surface area (Å²) >= 11 is 0. The molecular weight excluding hydrogens is 887 g/mol. The maximum Gasteiger partial charge on any atom is 0.260 e. The quantitative estimate of drug-likeness (QED) is 0.0721. The molecule has 9 rings (SSSR count). The van der Waals surface area contributed by atoms with Gasteiger partial charge in [-0.25, -0.2) is 0 Å². The number of hydrogen-bond donors (Lipinski definition) is 2. The number of ketones is 1. The normalized spacial score (nSPS) is 16.5. The van der Waals surface area contributed by atoms with Gasteiger partial charge < -0.3 is 39.4 Å². The van der Waals surface area contributed by atoms with E-state index in [1.165, 1.54) is 18.2 Å². The van der Waals surface area contributed by atoms with Crippen molar-refractivity contribution in [2.75, 3.05) is 38.7 Å². The summed E-state index contributed by atoms with van der Waals surface area (Å²) < 4.78 is 23.7. The van der Waals surface area contributed by atoms with Crippen molar-refractivity contribution in [1.82, 2.24) is 20.1 Å². The number of methoxy groups -OCH3 is 1. The third-order valence-electron chi connectivity index (χ3n) is 12.9. The van der Waals surface area contributed by atoms with E-state index in [0.717, 1.165) is 28.8 Å². The Hall–Kier alpha value is -7.65. The molecule has 0 aliphatic carbocycles. The van der Waals surface area contributed by atoms with Gasteiger partial charge in [-0.15, -0.1) is 0 Å². The first-order valence-electron chi connectivity index (χ1n) is 23.9. The highest BCUT2D eigenvalue weighted by atomic mass is 16.5. The molecule has 4 aromatic carbocycles. The lowest BCUT2D eigenvalue weighted by Crippen LogP contribution is -2.44. The van der Waals surface area contributed by atoms with E-state index in [4.69, 9.17) is 33.9 Å². The number of Topliss-reactive ketones (excluding diaryl/α,β-unsaturated/α-hetero) is 1. The topological polar surface area (TPSA) is 173 Å². The van der Waals surface area contributed by atoms with Gasteiger partial charge in [0.2, 0.25) is 5.91 Å². The van der Waals surface area contributed by atoms with Gasteiger partial charge in [-0.1, -0.05) is 49.4 Å². The summed E-state index contributed by atoms with van der Waals surface area (Å²) in [4.78, 5) is 69.4. The fraction of sp³-hybridized carbons (Fsp3) is 0.327. The molecule has 5 aromatic rings. The number of nitrogens with zero attached hydrogens (tertiary/aromatic N) is 5. The molecule has 2 N–H and O–H groups in total. The minimum absolute atomic E-state index is 0.0151. The molecule has 2 atom stereocenters. The number of amides is 3. The summed E-state index contributed by atoms with van der Waals surface area (Å²) in [7, 11) is 1.54. The molecule has 0 unspecified atom stereocenters. The zero-order valence-corrected chi connectivity index (χ0v) is 39.7. The Balaban J connectivity index is 0.766. The van der Waals surface area contributed by atoms with E-state index >= 15 is 0 Å². The van der Waals surface area contributed by atoms with Crippen LogP contribution in [0.3, 0.4) is 0 Å². The van der Waals surface area contributed by atoms with Gasteiger partial charge >= 0.3 is 0 Å². The van der Waals surface area contributed by atoms with Gasteiger partial charge in [0.1, 0.15) is 24.7 Å². The van der Waals surface area contributed by atoms with Gasteiger partial charge in [-0.05, 0) is 84.0 Å². The molecule has 0 spiro atoms. The third kappa shape index (κ3) is 10.9. The van der Waals surface area contributed by atoms with Crippen LogP contribution in [0.4, 0.5) is 17.1 Å². The van der Waals surface area contributed by atoms with Crippen LogP contribution in [-0.4, -0.2) is 96.2 Å². The molecule has 15 heteroatoms. The maximum absolute atomic E-state index is 14.1. The Morgan fingerprint density at radius 2 is 1.46 bits per heavy atom. The van der Waals surface area contributed by atoms with Crippen molar-refractivity contribution < 1.29 is 38.1 Å². The summed E-state index contributed by atoms with van der Waals surface area (Å²) in [6.45, 7) is 6.45. The molecular formula is C55H57N7O8. The summed E-state index contributed by atoms with van der Waals surface area (Å²) in [6.07, 6.45) is 8.89. The van der Waals surface area contributed by atoms with Gasteiger partial charge in [-0.2, -0.15) is 0 Å². The van der Waals surface area contributed by atoms with Gasteiger partial charge in [0.15, 0.2) is 11.5 Å². The molecule has 360 valence electrons. The molecule has 1 aromatic heterocycles. The van der Waals surface area contributed by atoms with Gasteiger partial charge in [0, 0.05) is 81.8 Å². The SMILES string of the molecule is CCC(=O)NCCOCCC(=O)CCCNc1ccc(C2=CN3C(=O)c4cc(OC)c(OCc5cccc(COc6cc7c(cc6C)C(=O)N6Cc8ccccc8C[C@H]6C=N7)n5)cc4N=C[C@@H]3C2)cc1. The summed E-state index contributed by atoms with van der Waals surface area (Å²) in [5, 5.41) is 6.13. The molecule has 70 heavy (non-hydrogen) atoms. The van der Waals surface area contributed by atoms with Crippen molar-refractivity contribution in [3.05, 3.63) is 142 Å². The first kappa shape index (κ1) is 47.4. The molecule has 4 aliphatic rings. The van der Waals surface area contributed by atoms with Crippen LogP contribution >= 0.6 is 0 Å². The minimum atomic E-state index is -0.257. The predicted molar refractivity (Wildman–Crippen MR) is 268 cm³/mol. The highest BCUT2D eigenvalue weighted by Gasteiger charge is 2.35. The van der Waals surface area contributed by atoms with Crippen LogP contribution in [0.25, 0.3) is 5.57 Å². The van der Waals surface area contributed by atoms with Crippen molar-refractivity contribution in [1.29, 1.82) is 0 Å². The monoisotopic (exact) mass is 943 g/mol. The molecule has 0 fully saturated rings. The molecule has 0 saturated carbocycles. The molecule has 5 heterocycles. The number of hydrogen-bond acceptors (Lipinski definition) is 12. The smallest absolute Gasteiger partial charge is 0.260 e. The Morgan fingerprint density at radius 1 is 0.743 bits per heavy atom. The lowest BCUT2D eigenvalue weighted by Gasteiger charge is -2.34. The molecule has 15 nitrogen and oxygen atoms in total. The highest BCUT2D eigenvalue weighted by Crippen LogP contribution is 2.41. The van der Waals surface area contributed by atoms with Crippen molar-refractivity contribution in [2.45, 2.75) is 84.2 Å². The second-order valence-corrected chi connectivity index (χ2v) is 17.7. The van der Waals surface area contributed by atoms with Crippen molar-refractivity contribution >= 4 is 58.6 Å². The summed E-state index contributed by atoms with van der Waals surface area (Å²) in [5.41, 5.74) is 9.63. The van der Waals surface area contributed by atoms with Gasteiger partial charge in [0.05, 0.1) is 66.3 Å². The van der Waals surface area contributed by atoms with Crippen LogP contribution in [-0.2, 0) is 40.5 Å². The van der Waals surface area contributed by atoms with Crippen molar-refractivity contribution in [2.24, 2.45) is 9.98 Å². The van der Waals surface area contributed by atoms with E-state index in [2.05, 4.69) is 22.8 Å². The number of nitrogens with one attached hydrogen (secondary N) is 2. The van der Waals surface area contributed by atoms with Crippen LogP contribution in [0.5, 0.6) is 17.2 Å². The molecule has 0 saturated heterocycles. The number of aliphatic imine (C=N–C) groups is 2. The molecule has 3 amide bonds. The van der Waals surface area contributed by atoms with Crippen LogP contribution < -0.4 is 24.8 Å². The first-order valence-corrected chi connectivity index (χ1v) is 23.9. The fourth-order valence-electron chi connectivity index (χ4n) is 9.02. The number of carbonyl (C=O) groups is 4. The minimum Gasteiger partial charge on any atom is -0.493 e. The van der Waals surface area contributed by atoms with Gasteiger partial charge in [0.25, 0.3) is 11.8 Å². The number of fused-ring (bicyclic) bond motifs is 5. The number of benzene rings is 4. The van der Waals surface area contributed by atoms with Crippen molar-refractivity contribution in [3.63, 3.8) is 0 Å². The average Bonchev–Trinajstić information content (AvgIpc) is 3.71. The summed E-state index contributed by atoms with van der Waals surface area (Å²) in [5.74, 6) is 1.37. The second-order valence-electron chi connectivity index (χ2n) is 17.7. The van der Waals surface area contributed by atoms with E-state index in [-0.39, 0.29) is 48.8 Å². The Labute approximate surface area is 407 Å². The number of rotatable bonds is 20. The number of ether oxygens (including phenoxy) is 4. The molecule has 4 aliphatic heterocycles. The number of aryl methyl sites for hydroxylation is 1.